The van der Waals surface area contributed by atoms with E-state index in [1.165, 1.54) is 0 Å². The lowest BCUT2D eigenvalue weighted by Gasteiger charge is -2.41. The molecule has 0 heterocycles. The lowest BCUT2D eigenvalue weighted by atomic mass is 9.71. The van der Waals surface area contributed by atoms with E-state index in [0.717, 1.165) is 38.5 Å². The van der Waals surface area contributed by atoms with Gasteiger partial charge in [-0.15, -0.1) is 0 Å². The first kappa shape index (κ1) is 16.6. The van der Waals surface area contributed by atoms with Crippen LogP contribution in [0, 0.1) is 5.92 Å². The third kappa shape index (κ3) is 4.26. The summed E-state index contributed by atoms with van der Waals surface area (Å²) in [5.74, 6) is -0.297. The highest BCUT2D eigenvalue weighted by atomic mass is 32.2. The number of esters is 1. The number of ether oxygens (including phenoxy) is 1. The van der Waals surface area contributed by atoms with Crippen molar-refractivity contribution >= 4 is 17.2 Å². The fraction of sp³-hybridized carbons (Fsp3) is 0.923. The zero-order valence-corrected chi connectivity index (χ0v) is 12.6. The van der Waals surface area contributed by atoms with Gasteiger partial charge in [-0.05, 0) is 32.1 Å². The average molecular weight is 291 g/mol. The molecule has 1 rings (SSSR count). The average Bonchev–Trinajstić information content (AvgIpc) is 2.37. The summed E-state index contributed by atoms with van der Waals surface area (Å²) < 4.78 is 28.1. The Kier molecular flexibility index (Phi) is 6.96. The summed E-state index contributed by atoms with van der Waals surface area (Å²) in [5.41, 5.74) is -0.983. The Morgan fingerprint density at radius 1 is 1.47 bits per heavy atom. The van der Waals surface area contributed by atoms with Crippen molar-refractivity contribution in [3.05, 3.63) is 0 Å². The Labute approximate surface area is 117 Å². The standard InChI is InChI=1S/C13H25NO4S/c1-3-5-8-11-9-6-7-10-13(11,14-19(16)17)12(15)18-4-2/h11,14H,3-10H2,1-2H3,(H,16,17). The zero-order valence-electron chi connectivity index (χ0n) is 11.8. The molecule has 1 aliphatic carbocycles. The van der Waals surface area contributed by atoms with E-state index in [4.69, 9.17) is 4.74 Å². The number of hydrogen-bond acceptors (Lipinski definition) is 3. The highest BCUT2D eigenvalue weighted by Gasteiger charge is 2.48. The predicted molar refractivity (Wildman–Crippen MR) is 74.8 cm³/mol. The third-order valence-electron chi connectivity index (χ3n) is 3.89. The van der Waals surface area contributed by atoms with Crippen LogP contribution in [0.15, 0.2) is 0 Å². The molecule has 6 heteroatoms. The lowest BCUT2D eigenvalue weighted by Crippen LogP contribution is -2.59. The lowest BCUT2D eigenvalue weighted by molar-refractivity contribution is -0.154. The molecule has 1 saturated carbocycles. The van der Waals surface area contributed by atoms with Crippen molar-refractivity contribution in [2.75, 3.05) is 6.61 Å². The molecule has 0 saturated heterocycles. The van der Waals surface area contributed by atoms with E-state index in [1.807, 2.05) is 0 Å². The van der Waals surface area contributed by atoms with Gasteiger partial charge < -0.3 is 4.74 Å². The van der Waals surface area contributed by atoms with E-state index in [9.17, 15) is 13.6 Å². The van der Waals surface area contributed by atoms with Crippen molar-refractivity contribution in [2.45, 2.75) is 64.3 Å². The number of rotatable bonds is 7. The molecule has 1 fully saturated rings. The highest BCUT2D eigenvalue weighted by Crippen LogP contribution is 2.38. The van der Waals surface area contributed by atoms with Gasteiger partial charge in [0.2, 0.25) is 11.3 Å². The Morgan fingerprint density at radius 3 is 2.79 bits per heavy atom. The van der Waals surface area contributed by atoms with Crippen molar-refractivity contribution in [1.29, 1.82) is 0 Å². The fourth-order valence-electron chi connectivity index (χ4n) is 2.95. The zero-order chi connectivity index (χ0) is 14.3. The third-order valence-corrected chi connectivity index (χ3v) is 4.42. The summed E-state index contributed by atoms with van der Waals surface area (Å²) in [7, 11) is 0. The molecule has 0 aromatic heterocycles. The molecule has 3 unspecified atom stereocenters. The molecule has 0 aliphatic heterocycles. The van der Waals surface area contributed by atoms with Gasteiger partial charge in [0.05, 0.1) is 6.61 Å². The van der Waals surface area contributed by atoms with Crippen molar-refractivity contribution in [3.8, 4) is 0 Å². The van der Waals surface area contributed by atoms with Crippen LogP contribution >= 0.6 is 0 Å². The number of unbranched alkanes of at least 4 members (excludes halogenated alkanes) is 1. The second-order valence-electron chi connectivity index (χ2n) is 5.13. The monoisotopic (exact) mass is 291 g/mol. The predicted octanol–water partition coefficient (Wildman–Crippen LogP) is 2.40. The molecule has 5 nitrogen and oxygen atoms in total. The van der Waals surface area contributed by atoms with Gasteiger partial charge in [0.15, 0.2) is 0 Å². The van der Waals surface area contributed by atoms with Crippen LogP contribution in [-0.4, -0.2) is 26.9 Å². The molecule has 19 heavy (non-hydrogen) atoms. The van der Waals surface area contributed by atoms with Gasteiger partial charge in [-0.3, -0.25) is 9.35 Å². The van der Waals surface area contributed by atoms with E-state index >= 15 is 0 Å². The van der Waals surface area contributed by atoms with E-state index in [-0.39, 0.29) is 11.9 Å². The number of carbonyl (C=O) groups is 1. The molecular weight excluding hydrogens is 266 g/mol. The summed E-state index contributed by atoms with van der Waals surface area (Å²) >= 11 is -2.20. The Balaban J connectivity index is 2.94. The molecule has 0 aromatic carbocycles. The summed E-state index contributed by atoms with van der Waals surface area (Å²) in [6.07, 6.45) is 6.39. The summed E-state index contributed by atoms with van der Waals surface area (Å²) in [4.78, 5) is 12.3. The van der Waals surface area contributed by atoms with Crippen molar-refractivity contribution in [2.24, 2.45) is 5.92 Å². The van der Waals surface area contributed by atoms with Crippen LogP contribution in [0.3, 0.4) is 0 Å². The SMILES string of the molecule is CCCCC1CCCCC1(NS(=O)O)C(=O)OCC. The summed E-state index contributed by atoms with van der Waals surface area (Å²) in [6.45, 7) is 4.15. The number of nitrogens with one attached hydrogen (secondary N) is 1. The van der Waals surface area contributed by atoms with E-state index in [2.05, 4.69) is 11.6 Å². The molecule has 0 bridgehead atoms. The normalized spacial score (nSPS) is 28.9. The molecule has 2 N–H and O–H groups in total. The molecule has 112 valence electrons. The largest absolute Gasteiger partial charge is 0.465 e. The second kappa shape index (κ2) is 7.97. The maximum atomic E-state index is 12.3. The Morgan fingerprint density at radius 2 is 2.21 bits per heavy atom. The summed E-state index contributed by atoms with van der Waals surface area (Å²) in [6, 6.07) is 0. The quantitative estimate of drug-likeness (QED) is 0.558. The first-order valence-electron chi connectivity index (χ1n) is 7.12. The van der Waals surface area contributed by atoms with Crippen molar-refractivity contribution < 1.29 is 18.3 Å². The highest BCUT2D eigenvalue weighted by molar-refractivity contribution is 7.77. The minimum Gasteiger partial charge on any atom is -0.465 e. The molecule has 0 amide bonds. The molecule has 0 spiro atoms. The molecule has 1 aliphatic rings. The van der Waals surface area contributed by atoms with Crippen molar-refractivity contribution in [1.82, 2.24) is 4.72 Å². The van der Waals surface area contributed by atoms with E-state index in [1.54, 1.807) is 6.92 Å². The van der Waals surface area contributed by atoms with Crippen LogP contribution in [0.2, 0.25) is 0 Å². The van der Waals surface area contributed by atoms with E-state index in [0.29, 0.717) is 13.0 Å². The molecule has 3 atom stereocenters. The van der Waals surface area contributed by atoms with Crippen molar-refractivity contribution in [3.63, 3.8) is 0 Å². The Bertz CT molecular complexity index is 324. The van der Waals surface area contributed by atoms with Gasteiger partial charge in [0, 0.05) is 0 Å². The number of hydrogen-bond donors (Lipinski definition) is 2. The first-order valence-corrected chi connectivity index (χ1v) is 8.23. The van der Waals surface area contributed by atoms with Crippen LogP contribution in [0.1, 0.15) is 58.8 Å². The second-order valence-corrected chi connectivity index (χ2v) is 5.83. The minimum atomic E-state index is -2.20. The maximum Gasteiger partial charge on any atom is 0.327 e. The van der Waals surface area contributed by atoms with Gasteiger partial charge in [-0.1, -0.05) is 32.6 Å². The fourth-order valence-corrected chi connectivity index (χ4v) is 3.61. The van der Waals surface area contributed by atoms with Gasteiger partial charge in [-0.2, -0.15) is 4.72 Å². The van der Waals surface area contributed by atoms with Crippen LogP contribution in [0.25, 0.3) is 0 Å². The van der Waals surface area contributed by atoms with Gasteiger partial charge >= 0.3 is 5.97 Å². The number of carbonyl (C=O) groups excluding carboxylic acids is 1. The van der Waals surface area contributed by atoms with Crippen LogP contribution in [0.4, 0.5) is 0 Å². The minimum absolute atomic E-state index is 0.0800. The van der Waals surface area contributed by atoms with Crippen LogP contribution in [0.5, 0.6) is 0 Å². The van der Waals surface area contributed by atoms with Gasteiger partial charge in [0.25, 0.3) is 0 Å². The van der Waals surface area contributed by atoms with E-state index < -0.39 is 16.8 Å². The molecular formula is C13H25NO4S. The van der Waals surface area contributed by atoms with Crippen LogP contribution < -0.4 is 4.72 Å². The summed E-state index contributed by atoms with van der Waals surface area (Å²) in [5, 5.41) is 0. The molecule has 0 aromatic rings. The first-order chi connectivity index (χ1) is 9.06. The maximum absolute atomic E-state index is 12.3. The van der Waals surface area contributed by atoms with Crippen LogP contribution in [-0.2, 0) is 20.8 Å². The molecule has 0 radical (unpaired) electrons. The van der Waals surface area contributed by atoms with Gasteiger partial charge in [-0.25, -0.2) is 4.21 Å². The Hall–Kier alpha value is -0.460. The topological polar surface area (TPSA) is 75.6 Å². The van der Waals surface area contributed by atoms with Gasteiger partial charge in [0.1, 0.15) is 5.54 Å². The smallest absolute Gasteiger partial charge is 0.327 e.